The van der Waals surface area contributed by atoms with Crippen LogP contribution in [0.4, 0.5) is 0 Å². The third-order valence-corrected chi connectivity index (χ3v) is 3.95. The van der Waals surface area contributed by atoms with Gasteiger partial charge in [-0.3, -0.25) is 9.98 Å². The molecule has 2 N–H and O–H groups in total. The van der Waals surface area contributed by atoms with Crippen LogP contribution >= 0.6 is 0 Å². The smallest absolute Gasteiger partial charge is 0.191 e. The van der Waals surface area contributed by atoms with Gasteiger partial charge < -0.3 is 10.6 Å². The molecule has 1 aromatic heterocycles. The van der Waals surface area contributed by atoms with Gasteiger partial charge in [0.1, 0.15) is 0 Å². The summed E-state index contributed by atoms with van der Waals surface area (Å²) in [7, 11) is 1.79. The number of aliphatic imine (C=N–C) groups is 1. The Morgan fingerprint density at radius 1 is 0.958 bits per heavy atom. The van der Waals surface area contributed by atoms with Gasteiger partial charge in [0.05, 0.1) is 0 Å². The molecule has 0 aliphatic heterocycles. The molecule has 0 atom stereocenters. The van der Waals surface area contributed by atoms with E-state index < -0.39 is 0 Å². The molecule has 4 heteroatoms. The summed E-state index contributed by atoms with van der Waals surface area (Å²) in [6, 6.07) is 20.8. The second-order valence-electron chi connectivity index (χ2n) is 5.56. The Morgan fingerprint density at radius 3 is 2.62 bits per heavy atom. The zero-order chi connectivity index (χ0) is 16.6. The first-order valence-electron chi connectivity index (χ1n) is 8.18. The second-order valence-corrected chi connectivity index (χ2v) is 5.56. The van der Waals surface area contributed by atoms with Gasteiger partial charge in [0.2, 0.25) is 0 Å². The highest BCUT2D eigenvalue weighted by atomic mass is 15.2. The lowest BCUT2D eigenvalue weighted by molar-refractivity contribution is 0.786. The molecule has 0 saturated carbocycles. The minimum Gasteiger partial charge on any atom is -0.356 e. The zero-order valence-corrected chi connectivity index (χ0v) is 13.9. The summed E-state index contributed by atoms with van der Waals surface area (Å²) in [6.07, 6.45) is 2.69. The Hall–Kier alpha value is -2.88. The highest BCUT2D eigenvalue weighted by molar-refractivity contribution is 5.86. The van der Waals surface area contributed by atoms with Crippen LogP contribution in [0.3, 0.4) is 0 Å². The van der Waals surface area contributed by atoms with Crippen molar-refractivity contribution in [1.82, 2.24) is 15.6 Å². The normalized spacial score (nSPS) is 11.5. The predicted octanol–water partition coefficient (Wildman–Crippen LogP) is 3.14. The summed E-state index contributed by atoms with van der Waals surface area (Å²) in [5.41, 5.74) is 2.34. The molecule has 4 nitrogen and oxygen atoms in total. The van der Waals surface area contributed by atoms with E-state index in [9.17, 15) is 0 Å². The number of nitrogens with one attached hydrogen (secondary N) is 2. The molecule has 0 unspecified atom stereocenters. The Labute approximate surface area is 142 Å². The third kappa shape index (κ3) is 4.10. The maximum atomic E-state index is 4.33. The van der Waals surface area contributed by atoms with Crippen molar-refractivity contribution in [2.45, 2.75) is 13.0 Å². The SMILES string of the molecule is CN=C(NCCc1ccccn1)NCc1cccc2ccccc12. The van der Waals surface area contributed by atoms with Gasteiger partial charge in [-0.05, 0) is 28.5 Å². The molecule has 24 heavy (non-hydrogen) atoms. The Morgan fingerprint density at radius 2 is 1.79 bits per heavy atom. The van der Waals surface area contributed by atoms with Crippen LogP contribution in [-0.2, 0) is 13.0 Å². The van der Waals surface area contributed by atoms with Gasteiger partial charge in [-0.2, -0.15) is 0 Å². The number of fused-ring (bicyclic) bond motifs is 1. The maximum absolute atomic E-state index is 4.33. The number of rotatable bonds is 5. The van der Waals surface area contributed by atoms with Gasteiger partial charge >= 0.3 is 0 Å². The molecule has 3 rings (SSSR count). The van der Waals surface area contributed by atoms with Gasteiger partial charge in [-0.1, -0.05) is 48.5 Å². The number of aromatic nitrogens is 1. The number of nitrogens with zero attached hydrogens (tertiary/aromatic N) is 2. The van der Waals surface area contributed by atoms with Crippen molar-refractivity contribution in [3.8, 4) is 0 Å². The quantitative estimate of drug-likeness (QED) is 0.561. The van der Waals surface area contributed by atoms with Crippen molar-refractivity contribution in [1.29, 1.82) is 0 Å². The Balaban J connectivity index is 1.56. The van der Waals surface area contributed by atoms with E-state index in [2.05, 4.69) is 63.1 Å². The lowest BCUT2D eigenvalue weighted by Crippen LogP contribution is -2.37. The van der Waals surface area contributed by atoms with Gasteiger partial charge in [-0.25, -0.2) is 0 Å². The van der Waals surface area contributed by atoms with Crippen molar-refractivity contribution < 1.29 is 0 Å². The van der Waals surface area contributed by atoms with Crippen LogP contribution in [0.5, 0.6) is 0 Å². The average molecular weight is 318 g/mol. The Kier molecular flexibility index (Phi) is 5.40. The third-order valence-electron chi connectivity index (χ3n) is 3.95. The molecule has 2 aromatic carbocycles. The van der Waals surface area contributed by atoms with Gasteiger partial charge in [0.15, 0.2) is 5.96 Å². The predicted molar refractivity (Wildman–Crippen MR) is 100 cm³/mol. The molecule has 0 fully saturated rings. The molecular weight excluding hydrogens is 296 g/mol. The fraction of sp³-hybridized carbons (Fsp3) is 0.200. The molecule has 0 radical (unpaired) electrons. The van der Waals surface area contributed by atoms with E-state index in [1.165, 1.54) is 16.3 Å². The van der Waals surface area contributed by atoms with E-state index in [-0.39, 0.29) is 0 Å². The number of guanidine groups is 1. The van der Waals surface area contributed by atoms with Crippen molar-refractivity contribution in [2.24, 2.45) is 4.99 Å². The van der Waals surface area contributed by atoms with Crippen LogP contribution in [0.25, 0.3) is 10.8 Å². The van der Waals surface area contributed by atoms with E-state index >= 15 is 0 Å². The van der Waals surface area contributed by atoms with Gasteiger partial charge in [0.25, 0.3) is 0 Å². The number of pyridine rings is 1. The number of hydrogen-bond acceptors (Lipinski definition) is 2. The summed E-state index contributed by atoms with van der Waals surface area (Å²) < 4.78 is 0. The minimum atomic E-state index is 0.741. The van der Waals surface area contributed by atoms with Crippen LogP contribution in [0, 0.1) is 0 Å². The van der Waals surface area contributed by atoms with E-state index in [0.29, 0.717) is 0 Å². The summed E-state index contributed by atoms with van der Waals surface area (Å²) in [4.78, 5) is 8.62. The van der Waals surface area contributed by atoms with Crippen molar-refractivity contribution in [3.05, 3.63) is 78.1 Å². The molecule has 0 aliphatic carbocycles. The van der Waals surface area contributed by atoms with Crippen LogP contribution in [0.1, 0.15) is 11.3 Å². The van der Waals surface area contributed by atoms with Crippen molar-refractivity contribution in [2.75, 3.05) is 13.6 Å². The topological polar surface area (TPSA) is 49.3 Å². The number of benzene rings is 2. The first-order chi connectivity index (χ1) is 11.9. The first kappa shape index (κ1) is 16.0. The summed E-state index contributed by atoms with van der Waals surface area (Å²) in [6.45, 7) is 1.54. The molecule has 0 aliphatic rings. The van der Waals surface area contributed by atoms with Crippen LogP contribution in [0.2, 0.25) is 0 Å². The molecule has 122 valence electrons. The molecule has 1 heterocycles. The Bertz CT molecular complexity index is 807. The van der Waals surface area contributed by atoms with Crippen molar-refractivity contribution in [3.63, 3.8) is 0 Å². The van der Waals surface area contributed by atoms with Crippen LogP contribution in [0.15, 0.2) is 71.9 Å². The second kappa shape index (κ2) is 8.11. The van der Waals surface area contributed by atoms with Crippen LogP contribution in [-0.4, -0.2) is 24.5 Å². The summed E-state index contributed by atoms with van der Waals surface area (Å²) in [5, 5.41) is 9.25. The lowest BCUT2D eigenvalue weighted by atomic mass is 10.0. The zero-order valence-electron chi connectivity index (χ0n) is 13.9. The lowest BCUT2D eigenvalue weighted by Gasteiger charge is -2.13. The first-order valence-corrected chi connectivity index (χ1v) is 8.18. The van der Waals surface area contributed by atoms with Gasteiger partial charge in [0, 0.05) is 38.4 Å². The van der Waals surface area contributed by atoms with E-state index in [4.69, 9.17) is 0 Å². The fourth-order valence-corrected chi connectivity index (χ4v) is 2.70. The average Bonchev–Trinajstić information content (AvgIpc) is 2.65. The van der Waals surface area contributed by atoms with Crippen molar-refractivity contribution >= 4 is 16.7 Å². The van der Waals surface area contributed by atoms with E-state index in [1.54, 1.807) is 7.05 Å². The monoisotopic (exact) mass is 318 g/mol. The largest absolute Gasteiger partial charge is 0.356 e. The molecule has 0 amide bonds. The fourth-order valence-electron chi connectivity index (χ4n) is 2.70. The highest BCUT2D eigenvalue weighted by Gasteiger charge is 2.02. The summed E-state index contributed by atoms with van der Waals surface area (Å²) in [5.74, 6) is 0.805. The molecule has 0 bridgehead atoms. The molecule has 0 spiro atoms. The minimum absolute atomic E-state index is 0.741. The maximum Gasteiger partial charge on any atom is 0.191 e. The highest BCUT2D eigenvalue weighted by Crippen LogP contribution is 2.18. The molecule has 0 saturated heterocycles. The van der Waals surface area contributed by atoms with E-state index in [1.807, 2.05) is 24.4 Å². The number of hydrogen-bond donors (Lipinski definition) is 2. The molecular formula is C20H22N4. The standard InChI is InChI=1S/C20H22N4/c1-21-20(23-14-12-18-10-4-5-13-22-18)24-15-17-9-6-8-16-7-2-3-11-19(16)17/h2-11,13H,12,14-15H2,1H3,(H2,21,23,24). The van der Waals surface area contributed by atoms with Crippen LogP contribution < -0.4 is 10.6 Å². The summed E-state index contributed by atoms with van der Waals surface area (Å²) >= 11 is 0. The molecule has 3 aromatic rings. The van der Waals surface area contributed by atoms with E-state index in [0.717, 1.165) is 31.2 Å². The van der Waals surface area contributed by atoms with Gasteiger partial charge in [-0.15, -0.1) is 0 Å².